The van der Waals surface area contributed by atoms with E-state index in [9.17, 15) is 4.79 Å². The van der Waals surface area contributed by atoms with E-state index in [2.05, 4.69) is 6.07 Å². The van der Waals surface area contributed by atoms with Crippen molar-refractivity contribution >= 4 is 5.91 Å². The molecule has 0 aromatic heterocycles. The first-order valence-electron chi connectivity index (χ1n) is 5.99. The maximum absolute atomic E-state index is 11.4. The number of nitriles is 1. The van der Waals surface area contributed by atoms with Gasteiger partial charge in [-0.15, -0.1) is 0 Å². The Labute approximate surface area is 112 Å². The highest BCUT2D eigenvalue weighted by molar-refractivity contribution is 5.94. The fourth-order valence-electron chi connectivity index (χ4n) is 2.03. The first-order valence-corrected chi connectivity index (χ1v) is 5.99. The Morgan fingerprint density at radius 2 is 2.00 bits per heavy atom. The molecule has 2 N–H and O–H groups in total. The van der Waals surface area contributed by atoms with Gasteiger partial charge in [0, 0.05) is 5.56 Å². The number of nitrogens with zero attached hydrogens (tertiary/aromatic N) is 1. The van der Waals surface area contributed by atoms with Gasteiger partial charge in [-0.25, -0.2) is 0 Å². The summed E-state index contributed by atoms with van der Waals surface area (Å²) in [4.78, 5) is 11.4. The second-order valence-corrected chi connectivity index (χ2v) is 4.46. The van der Waals surface area contributed by atoms with E-state index in [1.165, 1.54) is 0 Å². The highest BCUT2D eigenvalue weighted by atomic mass is 16.1. The van der Waals surface area contributed by atoms with Crippen LogP contribution in [0.4, 0.5) is 0 Å². The SMILES string of the molecule is Cc1ccc(Cc2ccccc2C(N)=O)cc1C#N. The summed E-state index contributed by atoms with van der Waals surface area (Å²) in [5, 5.41) is 9.03. The average molecular weight is 250 g/mol. The van der Waals surface area contributed by atoms with Crippen LogP contribution in [-0.4, -0.2) is 5.91 Å². The molecular formula is C16H14N2O. The van der Waals surface area contributed by atoms with Crippen molar-refractivity contribution in [3.8, 4) is 6.07 Å². The molecular weight excluding hydrogens is 236 g/mol. The average Bonchev–Trinajstić information content (AvgIpc) is 2.41. The number of carbonyl (C=O) groups is 1. The van der Waals surface area contributed by atoms with Gasteiger partial charge in [0.25, 0.3) is 0 Å². The summed E-state index contributed by atoms with van der Waals surface area (Å²) in [7, 11) is 0. The standard InChI is InChI=1S/C16H14N2O/c1-11-6-7-12(9-14(11)10-17)8-13-4-2-3-5-15(13)16(18)19/h2-7,9H,8H2,1H3,(H2,18,19). The Bertz CT molecular complexity index is 669. The predicted octanol–water partition coefficient (Wildman–Crippen LogP) is 2.56. The number of hydrogen-bond donors (Lipinski definition) is 1. The summed E-state index contributed by atoms with van der Waals surface area (Å²) in [6.45, 7) is 1.90. The minimum absolute atomic E-state index is 0.428. The fraction of sp³-hybridized carbons (Fsp3) is 0.125. The van der Waals surface area contributed by atoms with Crippen molar-refractivity contribution < 1.29 is 4.79 Å². The summed E-state index contributed by atoms with van der Waals surface area (Å²) < 4.78 is 0. The van der Waals surface area contributed by atoms with Crippen molar-refractivity contribution in [1.82, 2.24) is 0 Å². The molecule has 0 atom stereocenters. The lowest BCUT2D eigenvalue weighted by atomic mass is 9.97. The number of aryl methyl sites for hydroxylation is 1. The number of amides is 1. The van der Waals surface area contributed by atoms with E-state index in [0.29, 0.717) is 17.5 Å². The Kier molecular flexibility index (Phi) is 3.63. The maximum Gasteiger partial charge on any atom is 0.248 e. The molecule has 2 rings (SSSR count). The number of benzene rings is 2. The zero-order chi connectivity index (χ0) is 13.8. The number of primary amides is 1. The third kappa shape index (κ3) is 2.80. The number of carbonyl (C=O) groups excluding carboxylic acids is 1. The van der Waals surface area contributed by atoms with E-state index >= 15 is 0 Å². The topological polar surface area (TPSA) is 66.9 Å². The van der Waals surface area contributed by atoms with Crippen molar-refractivity contribution in [2.24, 2.45) is 5.73 Å². The van der Waals surface area contributed by atoms with Crippen molar-refractivity contribution in [1.29, 1.82) is 5.26 Å². The molecule has 0 bridgehead atoms. The Hall–Kier alpha value is -2.60. The second kappa shape index (κ2) is 5.36. The van der Waals surface area contributed by atoms with Gasteiger partial charge >= 0.3 is 0 Å². The predicted molar refractivity (Wildman–Crippen MR) is 73.7 cm³/mol. The monoisotopic (exact) mass is 250 g/mol. The maximum atomic E-state index is 11.4. The third-order valence-corrected chi connectivity index (χ3v) is 3.10. The molecule has 0 aliphatic heterocycles. The fourth-order valence-corrected chi connectivity index (χ4v) is 2.03. The summed E-state index contributed by atoms with van der Waals surface area (Å²) in [5.41, 5.74) is 9.37. The van der Waals surface area contributed by atoms with Crippen LogP contribution in [0.25, 0.3) is 0 Å². The first-order chi connectivity index (χ1) is 9.11. The van der Waals surface area contributed by atoms with Gasteiger partial charge in [-0.1, -0.05) is 30.3 Å². The molecule has 3 nitrogen and oxygen atoms in total. The summed E-state index contributed by atoms with van der Waals surface area (Å²) >= 11 is 0. The minimum Gasteiger partial charge on any atom is -0.366 e. The first kappa shape index (κ1) is 12.8. The lowest BCUT2D eigenvalue weighted by Crippen LogP contribution is -2.13. The molecule has 3 heteroatoms. The van der Waals surface area contributed by atoms with Crippen LogP contribution >= 0.6 is 0 Å². The van der Waals surface area contributed by atoms with E-state index in [4.69, 9.17) is 11.0 Å². The van der Waals surface area contributed by atoms with Gasteiger partial charge in [-0.05, 0) is 42.2 Å². The van der Waals surface area contributed by atoms with Crippen molar-refractivity contribution in [2.45, 2.75) is 13.3 Å². The lowest BCUT2D eigenvalue weighted by molar-refractivity contribution is 0.0999. The van der Waals surface area contributed by atoms with Gasteiger partial charge in [-0.2, -0.15) is 5.26 Å². The van der Waals surface area contributed by atoms with Crippen LogP contribution in [0.2, 0.25) is 0 Å². The van der Waals surface area contributed by atoms with Crippen LogP contribution in [-0.2, 0) is 6.42 Å². The Balaban J connectivity index is 2.37. The molecule has 0 aliphatic carbocycles. The zero-order valence-electron chi connectivity index (χ0n) is 10.7. The molecule has 2 aromatic carbocycles. The van der Waals surface area contributed by atoms with Gasteiger partial charge in [0.15, 0.2) is 0 Å². The zero-order valence-corrected chi connectivity index (χ0v) is 10.7. The summed E-state index contributed by atoms with van der Waals surface area (Å²) in [6, 6.07) is 15.2. The van der Waals surface area contributed by atoms with E-state index < -0.39 is 5.91 Å². The quantitative estimate of drug-likeness (QED) is 0.909. The van der Waals surface area contributed by atoms with E-state index in [0.717, 1.165) is 16.7 Å². The molecule has 0 fully saturated rings. The van der Waals surface area contributed by atoms with Crippen LogP contribution in [0.3, 0.4) is 0 Å². The molecule has 0 saturated carbocycles. The molecule has 1 amide bonds. The van der Waals surface area contributed by atoms with Crippen LogP contribution < -0.4 is 5.73 Å². The Morgan fingerprint density at radius 1 is 1.26 bits per heavy atom. The lowest BCUT2D eigenvalue weighted by Gasteiger charge is -2.07. The van der Waals surface area contributed by atoms with Crippen LogP contribution in [0.15, 0.2) is 42.5 Å². The number of hydrogen-bond acceptors (Lipinski definition) is 2. The molecule has 0 unspecified atom stereocenters. The normalized spacial score (nSPS) is 9.89. The molecule has 0 heterocycles. The molecule has 0 spiro atoms. The van der Waals surface area contributed by atoms with E-state index in [-0.39, 0.29) is 0 Å². The van der Waals surface area contributed by atoms with Crippen LogP contribution in [0.5, 0.6) is 0 Å². The van der Waals surface area contributed by atoms with Crippen molar-refractivity contribution in [2.75, 3.05) is 0 Å². The highest BCUT2D eigenvalue weighted by Gasteiger charge is 2.08. The van der Waals surface area contributed by atoms with Gasteiger partial charge in [0.1, 0.15) is 0 Å². The minimum atomic E-state index is -0.428. The van der Waals surface area contributed by atoms with Gasteiger partial charge < -0.3 is 5.73 Å². The van der Waals surface area contributed by atoms with Gasteiger partial charge in [0.05, 0.1) is 11.6 Å². The van der Waals surface area contributed by atoms with E-state index in [1.54, 1.807) is 12.1 Å². The molecule has 0 aliphatic rings. The molecule has 19 heavy (non-hydrogen) atoms. The molecule has 94 valence electrons. The molecule has 0 saturated heterocycles. The third-order valence-electron chi connectivity index (χ3n) is 3.10. The molecule has 2 aromatic rings. The number of nitrogens with two attached hydrogens (primary N) is 1. The van der Waals surface area contributed by atoms with Crippen molar-refractivity contribution in [3.05, 3.63) is 70.3 Å². The van der Waals surface area contributed by atoms with Crippen LogP contribution in [0, 0.1) is 18.3 Å². The highest BCUT2D eigenvalue weighted by Crippen LogP contribution is 2.17. The molecule has 0 radical (unpaired) electrons. The van der Waals surface area contributed by atoms with Crippen molar-refractivity contribution in [3.63, 3.8) is 0 Å². The second-order valence-electron chi connectivity index (χ2n) is 4.46. The Morgan fingerprint density at radius 3 is 2.68 bits per heavy atom. The smallest absolute Gasteiger partial charge is 0.248 e. The van der Waals surface area contributed by atoms with Gasteiger partial charge in [0.2, 0.25) is 5.91 Å². The summed E-state index contributed by atoms with van der Waals surface area (Å²) in [5.74, 6) is -0.428. The van der Waals surface area contributed by atoms with Gasteiger partial charge in [-0.3, -0.25) is 4.79 Å². The summed E-state index contributed by atoms with van der Waals surface area (Å²) in [6.07, 6.45) is 0.591. The van der Waals surface area contributed by atoms with Crippen LogP contribution in [0.1, 0.15) is 32.6 Å². The largest absolute Gasteiger partial charge is 0.366 e. The van der Waals surface area contributed by atoms with E-state index in [1.807, 2.05) is 37.3 Å². The number of rotatable bonds is 3.